The maximum absolute atomic E-state index is 11.4. The summed E-state index contributed by atoms with van der Waals surface area (Å²) in [5.41, 5.74) is 1.14. The highest BCUT2D eigenvalue weighted by Gasteiger charge is 2.17. The molecule has 1 aliphatic heterocycles. The number of hydrogen-bond donors (Lipinski definition) is 1. The van der Waals surface area contributed by atoms with Crippen molar-refractivity contribution in [1.29, 1.82) is 0 Å². The minimum absolute atomic E-state index is 0.265. The molecule has 1 atom stereocenters. The fourth-order valence-electron chi connectivity index (χ4n) is 2.32. The zero-order valence-electron chi connectivity index (χ0n) is 11.4. The van der Waals surface area contributed by atoms with Gasteiger partial charge in [0.25, 0.3) is 0 Å². The zero-order chi connectivity index (χ0) is 13.9. The van der Waals surface area contributed by atoms with E-state index in [4.69, 9.17) is 0 Å². The molecular weight excluding hydrogens is 278 g/mol. The summed E-state index contributed by atoms with van der Waals surface area (Å²) in [4.78, 5) is 0.387. The van der Waals surface area contributed by atoms with Crippen molar-refractivity contribution in [1.82, 2.24) is 5.32 Å². The van der Waals surface area contributed by atoms with E-state index in [1.165, 1.54) is 30.6 Å². The molecule has 1 N–H and O–H groups in total. The number of thioether (sulfide) groups is 1. The van der Waals surface area contributed by atoms with Crippen LogP contribution in [-0.2, 0) is 9.84 Å². The van der Waals surface area contributed by atoms with Gasteiger partial charge in [-0.15, -0.1) is 0 Å². The molecule has 1 aliphatic rings. The van der Waals surface area contributed by atoms with Gasteiger partial charge in [0, 0.05) is 18.3 Å². The standard InChI is InChI=1S/C14H21NO2S2/c1-11(15-13-7-9-18-10-8-13)12-3-5-14(6-4-12)19(2,16)17/h3-6,11,13,15H,7-10H2,1-2H3. The number of nitrogens with one attached hydrogen (secondary N) is 1. The van der Waals surface area contributed by atoms with Gasteiger partial charge in [0.2, 0.25) is 0 Å². The van der Waals surface area contributed by atoms with Crippen LogP contribution in [0.1, 0.15) is 31.4 Å². The second kappa shape index (κ2) is 6.29. The van der Waals surface area contributed by atoms with Crippen molar-refractivity contribution in [2.75, 3.05) is 17.8 Å². The summed E-state index contributed by atoms with van der Waals surface area (Å²) < 4.78 is 22.8. The third-order valence-corrected chi connectivity index (χ3v) is 5.69. The summed E-state index contributed by atoms with van der Waals surface area (Å²) in [6, 6.07) is 8.06. The fourth-order valence-corrected chi connectivity index (χ4v) is 4.05. The van der Waals surface area contributed by atoms with Gasteiger partial charge in [0.05, 0.1) is 4.90 Å². The predicted octanol–water partition coefficient (Wildman–Crippen LogP) is 2.64. The molecule has 1 aromatic carbocycles. The predicted molar refractivity (Wildman–Crippen MR) is 81.4 cm³/mol. The molecule has 0 aliphatic carbocycles. The van der Waals surface area contributed by atoms with Crippen molar-refractivity contribution in [3.8, 4) is 0 Å². The highest BCUT2D eigenvalue weighted by atomic mass is 32.2. The largest absolute Gasteiger partial charge is 0.307 e. The van der Waals surface area contributed by atoms with Gasteiger partial charge in [-0.05, 0) is 49.0 Å². The molecule has 19 heavy (non-hydrogen) atoms. The zero-order valence-corrected chi connectivity index (χ0v) is 13.1. The Hall–Kier alpha value is -0.520. The molecule has 5 heteroatoms. The van der Waals surface area contributed by atoms with E-state index >= 15 is 0 Å². The molecule has 0 saturated carbocycles. The van der Waals surface area contributed by atoms with Crippen molar-refractivity contribution >= 4 is 21.6 Å². The molecular formula is C14H21NO2S2. The summed E-state index contributed by atoms with van der Waals surface area (Å²) in [5, 5.41) is 3.63. The van der Waals surface area contributed by atoms with Crippen molar-refractivity contribution in [3.63, 3.8) is 0 Å². The van der Waals surface area contributed by atoms with Crippen molar-refractivity contribution in [2.24, 2.45) is 0 Å². The lowest BCUT2D eigenvalue weighted by Gasteiger charge is -2.26. The van der Waals surface area contributed by atoms with Gasteiger partial charge in [-0.3, -0.25) is 0 Å². The average Bonchev–Trinajstić information content (AvgIpc) is 2.39. The minimum Gasteiger partial charge on any atom is -0.307 e. The number of sulfone groups is 1. The summed E-state index contributed by atoms with van der Waals surface area (Å²) in [6.07, 6.45) is 3.68. The second-order valence-corrected chi connectivity index (χ2v) is 8.36. The first-order chi connectivity index (χ1) is 8.97. The smallest absolute Gasteiger partial charge is 0.175 e. The molecule has 0 radical (unpaired) electrons. The Morgan fingerprint density at radius 2 is 1.79 bits per heavy atom. The monoisotopic (exact) mass is 299 g/mol. The van der Waals surface area contributed by atoms with Crippen LogP contribution in [0.4, 0.5) is 0 Å². The van der Waals surface area contributed by atoms with Crippen LogP contribution >= 0.6 is 11.8 Å². The van der Waals surface area contributed by atoms with Crippen LogP contribution in [0.25, 0.3) is 0 Å². The average molecular weight is 299 g/mol. The third-order valence-electron chi connectivity index (χ3n) is 3.52. The first-order valence-electron chi connectivity index (χ1n) is 6.60. The van der Waals surface area contributed by atoms with Crippen molar-refractivity contribution in [3.05, 3.63) is 29.8 Å². The van der Waals surface area contributed by atoms with E-state index in [0.717, 1.165) is 5.56 Å². The Labute approximate surface area is 120 Å². The first-order valence-corrected chi connectivity index (χ1v) is 9.65. The summed E-state index contributed by atoms with van der Waals surface area (Å²) >= 11 is 2.02. The van der Waals surface area contributed by atoms with E-state index in [9.17, 15) is 8.42 Å². The van der Waals surface area contributed by atoms with E-state index in [1.54, 1.807) is 12.1 Å². The lowest BCUT2D eigenvalue weighted by atomic mass is 10.1. The lowest BCUT2D eigenvalue weighted by Crippen LogP contribution is -2.34. The molecule has 3 nitrogen and oxygen atoms in total. The van der Waals surface area contributed by atoms with Gasteiger partial charge < -0.3 is 5.32 Å². The second-order valence-electron chi connectivity index (χ2n) is 5.12. The number of benzene rings is 1. The van der Waals surface area contributed by atoms with E-state index in [2.05, 4.69) is 12.2 Å². The Morgan fingerprint density at radius 1 is 1.21 bits per heavy atom. The van der Waals surface area contributed by atoms with Crippen LogP contribution in [0.2, 0.25) is 0 Å². The molecule has 1 fully saturated rings. The first kappa shape index (κ1) is 14.9. The van der Waals surface area contributed by atoms with E-state index in [1.807, 2.05) is 23.9 Å². The topological polar surface area (TPSA) is 46.2 Å². The summed E-state index contributed by atoms with van der Waals surface area (Å²) in [6.45, 7) is 2.14. The molecule has 1 heterocycles. The number of hydrogen-bond acceptors (Lipinski definition) is 4. The van der Waals surface area contributed by atoms with E-state index < -0.39 is 9.84 Å². The summed E-state index contributed by atoms with van der Waals surface area (Å²) in [5.74, 6) is 2.47. The molecule has 0 spiro atoms. The Balaban J connectivity index is 2.01. The molecule has 0 bridgehead atoms. The van der Waals surface area contributed by atoms with Gasteiger partial charge in [-0.25, -0.2) is 8.42 Å². The van der Waals surface area contributed by atoms with Gasteiger partial charge in [0.1, 0.15) is 0 Å². The Kier molecular flexibility index (Phi) is 4.92. The minimum atomic E-state index is -3.10. The normalized spacial score (nSPS) is 19.3. The van der Waals surface area contributed by atoms with Crippen LogP contribution in [0.15, 0.2) is 29.2 Å². The summed E-state index contributed by atoms with van der Waals surface area (Å²) in [7, 11) is -3.10. The SMILES string of the molecule is CC(NC1CCSCC1)c1ccc(S(C)(=O)=O)cc1. The van der Waals surface area contributed by atoms with Crippen LogP contribution in [0.5, 0.6) is 0 Å². The van der Waals surface area contributed by atoms with Crippen molar-refractivity contribution < 1.29 is 8.42 Å². The highest BCUT2D eigenvalue weighted by molar-refractivity contribution is 7.99. The van der Waals surface area contributed by atoms with E-state index in [0.29, 0.717) is 10.9 Å². The van der Waals surface area contributed by atoms with Gasteiger partial charge >= 0.3 is 0 Å². The van der Waals surface area contributed by atoms with Crippen molar-refractivity contribution in [2.45, 2.75) is 36.7 Å². The lowest BCUT2D eigenvalue weighted by molar-refractivity contribution is 0.431. The third kappa shape index (κ3) is 4.23. The molecule has 1 aromatic rings. The maximum Gasteiger partial charge on any atom is 0.175 e. The molecule has 1 saturated heterocycles. The van der Waals surface area contributed by atoms with Crippen LogP contribution in [-0.4, -0.2) is 32.2 Å². The van der Waals surface area contributed by atoms with Crippen LogP contribution in [0.3, 0.4) is 0 Å². The fraction of sp³-hybridized carbons (Fsp3) is 0.571. The van der Waals surface area contributed by atoms with Gasteiger partial charge in [-0.2, -0.15) is 11.8 Å². The van der Waals surface area contributed by atoms with Crippen LogP contribution < -0.4 is 5.32 Å². The molecule has 0 amide bonds. The molecule has 1 unspecified atom stereocenters. The molecule has 106 valence electrons. The number of rotatable bonds is 4. The van der Waals surface area contributed by atoms with Gasteiger partial charge in [0.15, 0.2) is 9.84 Å². The Bertz CT molecular complexity index is 505. The quantitative estimate of drug-likeness (QED) is 0.928. The maximum atomic E-state index is 11.4. The van der Waals surface area contributed by atoms with E-state index in [-0.39, 0.29) is 6.04 Å². The molecule has 2 rings (SSSR count). The van der Waals surface area contributed by atoms with Gasteiger partial charge in [-0.1, -0.05) is 12.1 Å². The van der Waals surface area contributed by atoms with Crippen LogP contribution in [0, 0.1) is 0 Å². The Morgan fingerprint density at radius 3 is 2.32 bits per heavy atom. The molecule has 0 aromatic heterocycles. The highest BCUT2D eigenvalue weighted by Crippen LogP contribution is 2.21.